The molecule has 0 spiro atoms. The van der Waals surface area contributed by atoms with Gasteiger partial charge in [0.25, 0.3) is 0 Å². The van der Waals surface area contributed by atoms with Gasteiger partial charge in [-0.15, -0.1) is 0 Å². The molecule has 1 unspecified atom stereocenters. The summed E-state index contributed by atoms with van der Waals surface area (Å²) in [6.07, 6.45) is 2.58. The number of amides is 1. The molecule has 0 rings (SSSR count). The Morgan fingerprint density at radius 2 is 2.38 bits per heavy atom. The highest BCUT2D eigenvalue weighted by molar-refractivity contribution is 5.46. The summed E-state index contributed by atoms with van der Waals surface area (Å²) in [5, 5.41) is 3.44. The van der Waals surface area contributed by atoms with Crippen molar-refractivity contribution < 1.29 is 4.79 Å². The van der Waals surface area contributed by atoms with E-state index < -0.39 is 0 Å². The van der Waals surface area contributed by atoms with Crippen LogP contribution in [0.5, 0.6) is 0 Å². The Morgan fingerprint density at radius 1 is 1.75 bits per heavy atom. The van der Waals surface area contributed by atoms with Crippen molar-refractivity contribution in [1.29, 1.82) is 0 Å². The van der Waals surface area contributed by atoms with E-state index in [0.717, 1.165) is 6.42 Å². The molecule has 0 aromatic heterocycles. The molecule has 0 saturated carbocycles. The molecule has 0 aromatic carbocycles. The molecule has 0 saturated heterocycles. The van der Waals surface area contributed by atoms with Crippen LogP contribution in [0.4, 0.5) is 0 Å². The van der Waals surface area contributed by atoms with Crippen LogP contribution in [0.1, 0.15) is 20.3 Å². The molecule has 0 aliphatic heterocycles. The van der Waals surface area contributed by atoms with E-state index in [9.17, 15) is 4.79 Å². The summed E-state index contributed by atoms with van der Waals surface area (Å²) in [5.74, 6) is 0.524. The Morgan fingerprint density at radius 3 is 2.75 bits per heavy atom. The van der Waals surface area contributed by atoms with Gasteiger partial charge in [-0.25, -0.2) is 5.32 Å². The first kappa shape index (κ1) is 7.47. The van der Waals surface area contributed by atoms with Crippen LogP contribution in [0.25, 0.3) is 0 Å². The Hall–Kier alpha value is -0.530. The van der Waals surface area contributed by atoms with Crippen LogP contribution in [0.15, 0.2) is 0 Å². The maximum absolute atomic E-state index is 9.53. The van der Waals surface area contributed by atoms with Crippen molar-refractivity contribution in [2.45, 2.75) is 20.3 Å². The molecule has 2 heteroatoms. The van der Waals surface area contributed by atoms with Crippen molar-refractivity contribution in [3.63, 3.8) is 0 Å². The average molecular weight is 113 g/mol. The molecule has 2 radical (unpaired) electrons. The van der Waals surface area contributed by atoms with Gasteiger partial charge in [-0.3, -0.25) is 4.79 Å². The maximum Gasteiger partial charge on any atom is 0.332 e. The van der Waals surface area contributed by atoms with Crippen LogP contribution in [-0.2, 0) is 4.79 Å². The lowest BCUT2D eigenvalue weighted by molar-refractivity contribution is 0.504. The van der Waals surface area contributed by atoms with Crippen LogP contribution >= 0.6 is 0 Å². The highest BCUT2D eigenvalue weighted by atomic mass is 16.1. The van der Waals surface area contributed by atoms with Gasteiger partial charge in [0.05, 0.1) is 0 Å². The lowest BCUT2D eigenvalue weighted by atomic mass is 10.1. The lowest BCUT2D eigenvalue weighted by Crippen LogP contribution is -2.11. The van der Waals surface area contributed by atoms with Gasteiger partial charge in [0.15, 0.2) is 0 Å². The van der Waals surface area contributed by atoms with Gasteiger partial charge in [0.1, 0.15) is 0 Å². The highest BCUT2D eigenvalue weighted by Crippen LogP contribution is 1.96. The fourth-order valence-corrected chi connectivity index (χ4v) is 0.322. The number of nitrogens with zero attached hydrogens (tertiary/aromatic N) is 1. The van der Waals surface area contributed by atoms with Crippen molar-refractivity contribution in [3.8, 4) is 0 Å². The third-order valence-electron chi connectivity index (χ3n) is 1.16. The van der Waals surface area contributed by atoms with Crippen LogP contribution in [0.2, 0.25) is 0 Å². The molecule has 1 amide bonds. The Bertz CT molecular complexity index is 63.5. The first-order valence-electron chi connectivity index (χ1n) is 2.84. The van der Waals surface area contributed by atoms with Crippen molar-refractivity contribution in [1.82, 2.24) is 5.32 Å². The highest BCUT2D eigenvalue weighted by Gasteiger charge is 1.95. The number of hydrogen-bond donors (Lipinski definition) is 0. The van der Waals surface area contributed by atoms with Crippen LogP contribution in [-0.4, -0.2) is 13.0 Å². The second-order valence-corrected chi connectivity index (χ2v) is 1.95. The predicted octanol–water partition coefficient (Wildman–Crippen LogP) is 0.704. The summed E-state index contributed by atoms with van der Waals surface area (Å²) in [6, 6.07) is 0. The molecule has 0 aliphatic rings. The SMILES string of the molecule is CCC(C)C[N][C]=O. The summed E-state index contributed by atoms with van der Waals surface area (Å²) in [6.45, 7) is 4.76. The summed E-state index contributed by atoms with van der Waals surface area (Å²) < 4.78 is 0. The van der Waals surface area contributed by atoms with Gasteiger partial charge < -0.3 is 0 Å². The maximum atomic E-state index is 9.53. The zero-order valence-corrected chi connectivity index (χ0v) is 5.35. The van der Waals surface area contributed by atoms with E-state index in [1.807, 2.05) is 0 Å². The number of hydrogen-bond acceptors (Lipinski definition) is 1. The van der Waals surface area contributed by atoms with Crippen molar-refractivity contribution in [2.75, 3.05) is 6.54 Å². The third kappa shape index (κ3) is 3.65. The number of rotatable bonds is 4. The molecule has 8 heavy (non-hydrogen) atoms. The minimum Gasteiger partial charge on any atom is -0.261 e. The lowest BCUT2D eigenvalue weighted by Gasteiger charge is -2.01. The largest absolute Gasteiger partial charge is 0.332 e. The molecule has 2 nitrogen and oxygen atoms in total. The smallest absolute Gasteiger partial charge is 0.261 e. The molecule has 0 N–H and O–H groups in total. The van der Waals surface area contributed by atoms with Crippen molar-refractivity contribution in [2.24, 2.45) is 5.92 Å². The Labute approximate surface area is 50.3 Å². The Kier molecular flexibility index (Phi) is 4.32. The first-order valence-corrected chi connectivity index (χ1v) is 2.84. The topological polar surface area (TPSA) is 31.2 Å². The van der Waals surface area contributed by atoms with Gasteiger partial charge in [0, 0.05) is 6.54 Å². The minimum atomic E-state index is 0.524. The normalized spacial score (nSPS) is 12.8. The van der Waals surface area contributed by atoms with E-state index in [0.29, 0.717) is 12.5 Å². The van der Waals surface area contributed by atoms with E-state index >= 15 is 0 Å². The van der Waals surface area contributed by atoms with Gasteiger partial charge >= 0.3 is 6.41 Å². The van der Waals surface area contributed by atoms with E-state index in [1.165, 1.54) is 6.41 Å². The summed E-state index contributed by atoms with van der Waals surface area (Å²) in [4.78, 5) is 9.53. The monoisotopic (exact) mass is 113 g/mol. The Balaban J connectivity index is 2.97. The molecular weight excluding hydrogens is 102 g/mol. The van der Waals surface area contributed by atoms with Crippen molar-refractivity contribution >= 4 is 6.41 Å². The molecule has 0 fully saturated rings. The molecule has 0 aromatic rings. The summed E-state index contributed by atoms with van der Waals surface area (Å²) in [5.41, 5.74) is 0. The zero-order valence-electron chi connectivity index (χ0n) is 5.35. The van der Waals surface area contributed by atoms with Gasteiger partial charge in [-0.2, -0.15) is 0 Å². The van der Waals surface area contributed by atoms with E-state index in [2.05, 4.69) is 19.2 Å². The van der Waals surface area contributed by atoms with Gasteiger partial charge in [-0.05, 0) is 5.92 Å². The predicted molar refractivity (Wildman–Crippen MR) is 32.1 cm³/mol. The van der Waals surface area contributed by atoms with Gasteiger partial charge in [0.2, 0.25) is 0 Å². The fraction of sp³-hybridized carbons (Fsp3) is 0.833. The quantitative estimate of drug-likeness (QED) is 0.528. The minimum absolute atomic E-state index is 0.524. The van der Waals surface area contributed by atoms with E-state index in [-0.39, 0.29) is 0 Å². The molecule has 0 bridgehead atoms. The zero-order chi connectivity index (χ0) is 6.41. The first-order chi connectivity index (χ1) is 3.81. The second-order valence-electron chi connectivity index (χ2n) is 1.95. The molecule has 0 heterocycles. The van der Waals surface area contributed by atoms with Crippen LogP contribution in [0, 0.1) is 5.92 Å². The van der Waals surface area contributed by atoms with Gasteiger partial charge in [-0.1, -0.05) is 20.3 Å². The third-order valence-corrected chi connectivity index (χ3v) is 1.16. The number of carbonyl (C=O) groups excluding carboxylic acids is 1. The second kappa shape index (κ2) is 4.62. The molecular formula is C6H11NO. The molecule has 0 aliphatic carbocycles. The summed E-state index contributed by atoms with van der Waals surface area (Å²) >= 11 is 0. The van der Waals surface area contributed by atoms with Crippen LogP contribution in [0.3, 0.4) is 0 Å². The summed E-state index contributed by atoms with van der Waals surface area (Å²) in [7, 11) is 0. The molecule has 46 valence electrons. The molecule has 1 atom stereocenters. The van der Waals surface area contributed by atoms with E-state index in [1.54, 1.807) is 0 Å². The van der Waals surface area contributed by atoms with Crippen molar-refractivity contribution in [3.05, 3.63) is 0 Å². The fourth-order valence-electron chi connectivity index (χ4n) is 0.322. The van der Waals surface area contributed by atoms with E-state index in [4.69, 9.17) is 0 Å². The van der Waals surface area contributed by atoms with Crippen LogP contribution < -0.4 is 5.32 Å². The average Bonchev–Trinajstić information content (AvgIpc) is 1.83. The standard InChI is InChI=1S/C6H11NO/c1-3-6(2)4-7-5-8/h6H,3-4H2,1-2H3.